The van der Waals surface area contributed by atoms with E-state index in [4.69, 9.17) is 4.74 Å². The minimum atomic E-state index is -0.250. The highest BCUT2D eigenvalue weighted by molar-refractivity contribution is 5.87. The van der Waals surface area contributed by atoms with Gasteiger partial charge in [0.1, 0.15) is 0 Å². The van der Waals surface area contributed by atoms with Crippen LogP contribution >= 0.6 is 0 Å². The standard InChI is InChI=1S/C16H30N4O3/c1-6-23-14(22)12-7-9-20(10-8-12)15(17-5)18-11-13(21)19-16(2,3)4/h12H,6-11H2,1-5H3,(H,17,18)(H,19,21). The molecule has 0 bridgehead atoms. The molecule has 0 aromatic heterocycles. The van der Waals surface area contributed by atoms with Gasteiger partial charge in [0, 0.05) is 25.7 Å². The van der Waals surface area contributed by atoms with Crippen molar-refractivity contribution in [3.05, 3.63) is 0 Å². The Morgan fingerprint density at radius 2 is 1.87 bits per heavy atom. The summed E-state index contributed by atoms with van der Waals surface area (Å²) in [4.78, 5) is 29.9. The molecule has 1 saturated heterocycles. The predicted octanol–water partition coefficient (Wildman–Crippen LogP) is 0.752. The number of aliphatic imine (C=N–C) groups is 1. The maximum Gasteiger partial charge on any atom is 0.309 e. The molecule has 2 N–H and O–H groups in total. The third-order valence-electron chi connectivity index (χ3n) is 3.55. The van der Waals surface area contributed by atoms with Crippen molar-refractivity contribution in [2.75, 3.05) is 33.3 Å². The van der Waals surface area contributed by atoms with Crippen molar-refractivity contribution in [1.82, 2.24) is 15.5 Å². The number of amides is 1. The maximum atomic E-state index is 11.9. The number of hydrogen-bond acceptors (Lipinski definition) is 4. The lowest BCUT2D eigenvalue weighted by Gasteiger charge is -2.33. The van der Waals surface area contributed by atoms with Crippen molar-refractivity contribution in [3.63, 3.8) is 0 Å². The topological polar surface area (TPSA) is 83.0 Å². The summed E-state index contributed by atoms with van der Waals surface area (Å²) in [7, 11) is 1.70. The van der Waals surface area contributed by atoms with Gasteiger partial charge in [-0.25, -0.2) is 0 Å². The zero-order valence-corrected chi connectivity index (χ0v) is 14.9. The van der Waals surface area contributed by atoms with Crippen LogP contribution in [0.4, 0.5) is 0 Å². The molecule has 132 valence electrons. The van der Waals surface area contributed by atoms with Crippen molar-refractivity contribution in [2.24, 2.45) is 10.9 Å². The molecule has 0 spiro atoms. The van der Waals surface area contributed by atoms with Gasteiger partial charge in [-0.05, 0) is 40.5 Å². The number of esters is 1. The minimum Gasteiger partial charge on any atom is -0.466 e. The van der Waals surface area contributed by atoms with Gasteiger partial charge in [0.15, 0.2) is 5.96 Å². The fourth-order valence-corrected chi connectivity index (χ4v) is 2.54. The number of rotatable bonds is 4. The van der Waals surface area contributed by atoms with Gasteiger partial charge in [0.25, 0.3) is 0 Å². The summed E-state index contributed by atoms with van der Waals surface area (Å²) in [5, 5.41) is 5.98. The number of guanidine groups is 1. The molecule has 0 saturated carbocycles. The molecule has 0 aliphatic carbocycles. The van der Waals surface area contributed by atoms with E-state index in [1.165, 1.54) is 0 Å². The lowest BCUT2D eigenvalue weighted by molar-refractivity contribution is -0.149. The molecule has 1 aliphatic heterocycles. The normalized spacial score (nSPS) is 16.9. The molecular formula is C16H30N4O3. The number of likely N-dealkylation sites (tertiary alicyclic amines) is 1. The Hall–Kier alpha value is -1.79. The summed E-state index contributed by atoms with van der Waals surface area (Å²) in [5.41, 5.74) is -0.250. The van der Waals surface area contributed by atoms with E-state index in [9.17, 15) is 9.59 Å². The van der Waals surface area contributed by atoms with Crippen LogP contribution in [0.5, 0.6) is 0 Å². The second-order valence-corrected chi connectivity index (χ2v) is 6.71. The van der Waals surface area contributed by atoms with E-state index in [0.29, 0.717) is 12.6 Å². The molecule has 0 radical (unpaired) electrons. The van der Waals surface area contributed by atoms with Crippen LogP contribution in [0.25, 0.3) is 0 Å². The highest BCUT2D eigenvalue weighted by Gasteiger charge is 2.27. The molecule has 0 atom stereocenters. The lowest BCUT2D eigenvalue weighted by Crippen LogP contribution is -2.51. The Kier molecular flexibility index (Phi) is 7.32. The Labute approximate surface area is 138 Å². The molecule has 0 aromatic rings. The Balaban J connectivity index is 2.43. The first-order valence-corrected chi connectivity index (χ1v) is 8.20. The maximum absolute atomic E-state index is 11.9. The van der Waals surface area contributed by atoms with Crippen LogP contribution in [0.3, 0.4) is 0 Å². The Bertz CT molecular complexity index is 435. The van der Waals surface area contributed by atoms with Crippen LogP contribution < -0.4 is 10.6 Å². The van der Waals surface area contributed by atoms with Crippen molar-refractivity contribution in [1.29, 1.82) is 0 Å². The smallest absolute Gasteiger partial charge is 0.309 e. The Morgan fingerprint density at radius 3 is 2.35 bits per heavy atom. The number of piperidine rings is 1. The second-order valence-electron chi connectivity index (χ2n) is 6.71. The van der Waals surface area contributed by atoms with E-state index < -0.39 is 0 Å². The quantitative estimate of drug-likeness (QED) is 0.452. The summed E-state index contributed by atoms with van der Waals surface area (Å²) in [6.07, 6.45) is 1.49. The molecule has 7 nitrogen and oxygen atoms in total. The summed E-state index contributed by atoms with van der Waals surface area (Å²) >= 11 is 0. The first-order chi connectivity index (χ1) is 10.8. The van der Waals surface area contributed by atoms with Crippen molar-refractivity contribution >= 4 is 17.8 Å². The van der Waals surface area contributed by atoms with Gasteiger partial charge in [-0.15, -0.1) is 0 Å². The number of nitrogens with one attached hydrogen (secondary N) is 2. The van der Waals surface area contributed by atoms with Crippen LogP contribution in [0.2, 0.25) is 0 Å². The SMILES string of the molecule is CCOC(=O)C1CCN(C(=NC)NCC(=O)NC(C)(C)C)CC1. The van der Waals surface area contributed by atoms with Gasteiger partial charge >= 0.3 is 5.97 Å². The van der Waals surface area contributed by atoms with Crippen LogP contribution in [-0.2, 0) is 14.3 Å². The van der Waals surface area contributed by atoms with Gasteiger partial charge in [-0.2, -0.15) is 0 Å². The van der Waals surface area contributed by atoms with E-state index in [2.05, 4.69) is 20.5 Å². The van der Waals surface area contributed by atoms with Crippen LogP contribution in [0.15, 0.2) is 4.99 Å². The largest absolute Gasteiger partial charge is 0.466 e. The minimum absolute atomic E-state index is 0.0338. The fraction of sp³-hybridized carbons (Fsp3) is 0.812. The monoisotopic (exact) mass is 326 g/mol. The number of ether oxygens (including phenoxy) is 1. The van der Waals surface area contributed by atoms with E-state index in [1.54, 1.807) is 7.05 Å². The molecule has 1 fully saturated rings. The van der Waals surface area contributed by atoms with Crippen LogP contribution in [-0.4, -0.2) is 61.6 Å². The molecular weight excluding hydrogens is 296 g/mol. The van der Waals surface area contributed by atoms with Crippen molar-refractivity contribution < 1.29 is 14.3 Å². The summed E-state index contributed by atoms with van der Waals surface area (Å²) in [5.74, 6) is 0.476. The predicted molar refractivity (Wildman–Crippen MR) is 90.2 cm³/mol. The van der Waals surface area contributed by atoms with E-state index in [1.807, 2.05) is 27.7 Å². The van der Waals surface area contributed by atoms with E-state index in [-0.39, 0.29) is 29.9 Å². The number of hydrogen-bond donors (Lipinski definition) is 2. The molecule has 7 heteroatoms. The summed E-state index contributed by atoms with van der Waals surface area (Å²) in [6, 6.07) is 0. The number of carbonyl (C=O) groups excluding carboxylic acids is 2. The summed E-state index contributed by atoms with van der Waals surface area (Å²) in [6.45, 7) is 9.71. The molecule has 1 aliphatic rings. The van der Waals surface area contributed by atoms with Gasteiger partial charge < -0.3 is 20.3 Å². The molecule has 0 unspecified atom stereocenters. The van der Waals surface area contributed by atoms with Crippen LogP contribution in [0.1, 0.15) is 40.5 Å². The molecule has 0 aromatic carbocycles. The molecule has 23 heavy (non-hydrogen) atoms. The molecule has 1 heterocycles. The van der Waals surface area contributed by atoms with Crippen molar-refractivity contribution in [3.8, 4) is 0 Å². The lowest BCUT2D eigenvalue weighted by atomic mass is 9.97. The highest BCUT2D eigenvalue weighted by atomic mass is 16.5. The molecule has 1 amide bonds. The third kappa shape index (κ3) is 6.88. The van der Waals surface area contributed by atoms with Gasteiger partial charge in [-0.3, -0.25) is 14.6 Å². The average Bonchev–Trinajstić information content (AvgIpc) is 2.47. The van der Waals surface area contributed by atoms with E-state index in [0.717, 1.165) is 25.9 Å². The highest BCUT2D eigenvalue weighted by Crippen LogP contribution is 2.18. The van der Waals surface area contributed by atoms with E-state index >= 15 is 0 Å². The first-order valence-electron chi connectivity index (χ1n) is 8.20. The van der Waals surface area contributed by atoms with Crippen molar-refractivity contribution in [2.45, 2.75) is 46.1 Å². The zero-order valence-electron chi connectivity index (χ0n) is 14.9. The van der Waals surface area contributed by atoms with Gasteiger partial charge in [-0.1, -0.05) is 0 Å². The van der Waals surface area contributed by atoms with Crippen LogP contribution in [0, 0.1) is 5.92 Å². The zero-order chi connectivity index (χ0) is 17.5. The fourth-order valence-electron chi connectivity index (χ4n) is 2.54. The Morgan fingerprint density at radius 1 is 1.26 bits per heavy atom. The van der Waals surface area contributed by atoms with Gasteiger partial charge in [0.2, 0.25) is 5.91 Å². The molecule has 1 rings (SSSR count). The average molecular weight is 326 g/mol. The van der Waals surface area contributed by atoms with Gasteiger partial charge in [0.05, 0.1) is 19.1 Å². The first kappa shape index (κ1) is 19.3. The number of carbonyl (C=O) groups is 2. The number of nitrogens with zero attached hydrogens (tertiary/aromatic N) is 2. The third-order valence-corrected chi connectivity index (χ3v) is 3.55. The second kappa shape index (κ2) is 8.74. The summed E-state index contributed by atoms with van der Waals surface area (Å²) < 4.78 is 5.07.